The van der Waals surface area contributed by atoms with E-state index in [4.69, 9.17) is 0 Å². The van der Waals surface area contributed by atoms with Crippen LogP contribution in [0.5, 0.6) is 0 Å². The molecule has 0 aliphatic carbocycles. The van der Waals surface area contributed by atoms with E-state index < -0.39 is 0 Å². The Hall–Kier alpha value is -2.28. The van der Waals surface area contributed by atoms with Gasteiger partial charge in [-0.05, 0) is 25.5 Å². The molecule has 0 aliphatic rings. The summed E-state index contributed by atoms with van der Waals surface area (Å²) in [5.74, 6) is 0.714. The van der Waals surface area contributed by atoms with E-state index in [1.165, 1.54) is 11.5 Å². The highest BCUT2D eigenvalue weighted by Gasteiger charge is 2.13. The average molecular weight is 300 g/mol. The quantitative estimate of drug-likeness (QED) is 0.783. The molecule has 0 atom stereocenters. The third kappa shape index (κ3) is 3.08. The maximum Gasteiger partial charge on any atom is 0.207 e. The zero-order valence-corrected chi connectivity index (χ0v) is 12.8. The molecular weight excluding hydrogens is 284 g/mol. The van der Waals surface area contributed by atoms with E-state index in [-0.39, 0.29) is 0 Å². The molecular formula is C14H16N6S. The third-order valence-corrected chi connectivity index (χ3v) is 3.61. The van der Waals surface area contributed by atoms with Gasteiger partial charge in [0, 0.05) is 30.5 Å². The van der Waals surface area contributed by atoms with Gasteiger partial charge < -0.3 is 5.32 Å². The molecule has 3 aromatic rings. The van der Waals surface area contributed by atoms with Gasteiger partial charge >= 0.3 is 0 Å². The van der Waals surface area contributed by atoms with Gasteiger partial charge in [0.2, 0.25) is 5.13 Å². The summed E-state index contributed by atoms with van der Waals surface area (Å²) >= 11 is 1.33. The Morgan fingerprint density at radius 1 is 1.38 bits per heavy atom. The minimum absolute atomic E-state index is 0.714. The Bertz CT molecular complexity index is 718. The first-order valence-electron chi connectivity index (χ1n) is 6.81. The number of nitrogens with zero attached hydrogens (tertiary/aromatic N) is 5. The fraction of sp³-hybridized carbons (Fsp3) is 0.286. The molecule has 0 bridgehead atoms. The van der Waals surface area contributed by atoms with Crippen LogP contribution in [0, 0.1) is 6.92 Å². The minimum Gasteiger partial charge on any atom is -0.329 e. The Labute approximate surface area is 127 Å². The molecule has 0 aromatic carbocycles. The smallest absolute Gasteiger partial charge is 0.207 e. The summed E-state index contributed by atoms with van der Waals surface area (Å²) in [6.45, 7) is 5.02. The first-order valence-corrected chi connectivity index (χ1v) is 7.59. The summed E-state index contributed by atoms with van der Waals surface area (Å²) in [6.07, 6.45) is 6.56. The highest BCUT2D eigenvalue weighted by molar-refractivity contribution is 7.09. The molecule has 0 saturated carbocycles. The molecule has 0 spiro atoms. The van der Waals surface area contributed by atoms with Crippen molar-refractivity contribution in [3.63, 3.8) is 0 Å². The van der Waals surface area contributed by atoms with Crippen LogP contribution in [0.3, 0.4) is 0 Å². The lowest BCUT2D eigenvalue weighted by atomic mass is 10.2. The van der Waals surface area contributed by atoms with Crippen LogP contribution in [-0.4, -0.2) is 24.1 Å². The predicted octanol–water partition coefficient (Wildman–Crippen LogP) is 3.26. The first kappa shape index (κ1) is 13.7. The lowest BCUT2D eigenvalue weighted by Gasteiger charge is -1.98. The normalized spacial score (nSPS) is 10.8. The molecule has 3 aromatic heterocycles. The Kier molecular flexibility index (Phi) is 3.92. The topological polar surface area (TPSA) is 68.5 Å². The van der Waals surface area contributed by atoms with Crippen molar-refractivity contribution in [3.8, 4) is 11.4 Å². The fourth-order valence-electron chi connectivity index (χ4n) is 2.02. The summed E-state index contributed by atoms with van der Waals surface area (Å²) in [5, 5.41) is 8.43. The van der Waals surface area contributed by atoms with Crippen LogP contribution in [0.25, 0.3) is 11.4 Å². The summed E-state index contributed by atoms with van der Waals surface area (Å²) < 4.78 is 6.36. The highest BCUT2D eigenvalue weighted by Crippen LogP contribution is 2.25. The molecule has 0 unspecified atom stereocenters. The molecule has 0 radical (unpaired) electrons. The highest BCUT2D eigenvalue weighted by atomic mass is 32.1. The molecule has 21 heavy (non-hydrogen) atoms. The van der Waals surface area contributed by atoms with Crippen molar-refractivity contribution in [2.45, 2.75) is 26.8 Å². The summed E-state index contributed by atoms with van der Waals surface area (Å²) in [6, 6.07) is 3.82. The van der Waals surface area contributed by atoms with Crippen molar-refractivity contribution in [1.29, 1.82) is 0 Å². The van der Waals surface area contributed by atoms with Gasteiger partial charge in [0.25, 0.3) is 0 Å². The third-order valence-electron chi connectivity index (χ3n) is 2.98. The predicted molar refractivity (Wildman–Crippen MR) is 83.7 cm³/mol. The lowest BCUT2D eigenvalue weighted by molar-refractivity contribution is 0.598. The summed E-state index contributed by atoms with van der Waals surface area (Å²) in [7, 11) is 0. The number of hydrogen-bond donors (Lipinski definition) is 1. The van der Waals surface area contributed by atoms with Gasteiger partial charge in [0.15, 0.2) is 5.82 Å². The Balaban J connectivity index is 1.81. The zero-order valence-electron chi connectivity index (χ0n) is 11.9. The molecule has 0 fully saturated rings. The van der Waals surface area contributed by atoms with Gasteiger partial charge in [-0.3, -0.25) is 9.67 Å². The maximum absolute atomic E-state index is 4.53. The number of pyridine rings is 1. The van der Waals surface area contributed by atoms with E-state index in [0.29, 0.717) is 5.82 Å². The maximum atomic E-state index is 4.53. The molecule has 0 aliphatic heterocycles. The van der Waals surface area contributed by atoms with Crippen molar-refractivity contribution in [3.05, 3.63) is 36.4 Å². The Morgan fingerprint density at radius 2 is 2.29 bits per heavy atom. The van der Waals surface area contributed by atoms with Crippen LogP contribution >= 0.6 is 11.5 Å². The summed E-state index contributed by atoms with van der Waals surface area (Å²) in [5.41, 5.74) is 2.84. The monoisotopic (exact) mass is 300 g/mol. The molecule has 108 valence electrons. The second-order valence-electron chi connectivity index (χ2n) is 4.68. The van der Waals surface area contributed by atoms with E-state index in [9.17, 15) is 0 Å². The second-order valence-corrected chi connectivity index (χ2v) is 5.43. The van der Waals surface area contributed by atoms with E-state index in [2.05, 4.69) is 31.7 Å². The molecule has 3 heterocycles. The molecule has 7 heteroatoms. The molecule has 1 N–H and O–H groups in total. The largest absolute Gasteiger partial charge is 0.329 e. The first-order chi connectivity index (χ1) is 10.3. The standard InChI is InChI=1S/C14H16N6S/c1-3-7-20-9-12(10(2)18-20)13-17-14(21-19-13)16-11-5-4-6-15-8-11/h4-6,8-9H,3,7H2,1-2H3,(H,16,17,19). The van der Waals surface area contributed by atoms with Gasteiger partial charge in [-0.25, -0.2) is 0 Å². The molecule has 0 amide bonds. The van der Waals surface area contributed by atoms with Gasteiger partial charge in [-0.1, -0.05) is 6.92 Å². The van der Waals surface area contributed by atoms with Crippen molar-refractivity contribution in [1.82, 2.24) is 24.1 Å². The average Bonchev–Trinajstić information content (AvgIpc) is 3.07. The van der Waals surface area contributed by atoms with Crippen LogP contribution in [0.2, 0.25) is 0 Å². The number of aryl methyl sites for hydroxylation is 2. The molecule has 0 saturated heterocycles. The summed E-state index contributed by atoms with van der Waals surface area (Å²) in [4.78, 5) is 8.59. The van der Waals surface area contributed by atoms with Crippen molar-refractivity contribution >= 4 is 22.4 Å². The van der Waals surface area contributed by atoms with Gasteiger partial charge in [0.05, 0.1) is 23.1 Å². The number of anilines is 2. The van der Waals surface area contributed by atoms with E-state index >= 15 is 0 Å². The minimum atomic E-state index is 0.714. The van der Waals surface area contributed by atoms with Gasteiger partial charge in [-0.15, -0.1) is 0 Å². The molecule has 3 rings (SSSR count). The Morgan fingerprint density at radius 3 is 3.05 bits per heavy atom. The van der Waals surface area contributed by atoms with Crippen LogP contribution in [0.15, 0.2) is 30.7 Å². The van der Waals surface area contributed by atoms with Crippen molar-refractivity contribution < 1.29 is 0 Å². The zero-order chi connectivity index (χ0) is 14.7. The number of hydrogen-bond acceptors (Lipinski definition) is 6. The van der Waals surface area contributed by atoms with Gasteiger partial charge in [-0.2, -0.15) is 14.5 Å². The molecule has 6 nitrogen and oxygen atoms in total. The van der Waals surface area contributed by atoms with Crippen LogP contribution in [0.1, 0.15) is 19.0 Å². The number of aromatic nitrogens is 5. The van der Waals surface area contributed by atoms with Crippen LogP contribution in [-0.2, 0) is 6.54 Å². The second kappa shape index (κ2) is 6.01. The van der Waals surface area contributed by atoms with E-state index in [1.54, 1.807) is 12.4 Å². The van der Waals surface area contributed by atoms with E-state index in [1.807, 2.05) is 29.9 Å². The lowest BCUT2D eigenvalue weighted by Crippen LogP contribution is -1.96. The van der Waals surface area contributed by atoms with Crippen LogP contribution in [0.4, 0.5) is 10.8 Å². The number of rotatable bonds is 5. The van der Waals surface area contributed by atoms with Gasteiger partial charge in [0.1, 0.15) is 0 Å². The number of nitrogens with one attached hydrogen (secondary N) is 1. The van der Waals surface area contributed by atoms with Crippen molar-refractivity contribution in [2.24, 2.45) is 0 Å². The SMILES string of the molecule is CCCn1cc(-c2nsc(Nc3cccnc3)n2)c(C)n1. The fourth-order valence-corrected chi connectivity index (χ4v) is 2.63. The van der Waals surface area contributed by atoms with Crippen LogP contribution < -0.4 is 5.32 Å². The van der Waals surface area contributed by atoms with E-state index in [0.717, 1.165) is 35.0 Å². The van der Waals surface area contributed by atoms with Crippen molar-refractivity contribution in [2.75, 3.05) is 5.32 Å².